The van der Waals surface area contributed by atoms with Crippen LogP contribution in [0.1, 0.15) is 37.8 Å². The van der Waals surface area contributed by atoms with E-state index in [0.717, 1.165) is 5.56 Å². The van der Waals surface area contributed by atoms with E-state index in [4.69, 9.17) is 9.47 Å². The van der Waals surface area contributed by atoms with Crippen LogP contribution in [0, 0.1) is 0 Å². The number of esters is 1. The predicted molar refractivity (Wildman–Crippen MR) is 91.0 cm³/mol. The number of aliphatic hydroxyl groups excluding tert-OH is 1. The summed E-state index contributed by atoms with van der Waals surface area (Å²) in [6.07, 6.45) is -0.534. The Labute approximate surface area is 145 Å². The van der Waals surface area contributed by atoms with E-state index < -0.39 is 12.1 Å². The maximum absolute atomic E-state index is 12.3. The molecule has 6 nitrogen and oxygen atoms in total. The minimum atomic E-state index is -0.535. The van der Waals surface area contributed by atoms with Crippen LogP contribution in [0.3, 0.4) is 0 Å². The molecule has 0 saturated carbocycles. The van der Waals surface area contributed by atoms with Gasteiger partial charge in [0.25, 0.3) is 5.91 Å². The van der Waals surface area contributed by atoms with Crippen LogP contribution in [0.4, 0.5) is 0 Å². The van der Waals surface area contributed by atoms with Gasteiger partial charge in [0.15, 0.2) is 0 Å². The highest BCUT2D eigenvalue weighted by molar-refractivity contribution is 6.01. The molecule has 0 aromatic heterocycles. The number of hydrogen-bond acceptors (Lipinski definition) is 5. The van der Waals surface area contributed by atoms with Crippen molar-refractivity contribution in [1.82, 2.24) is 5.32 Å². The minimum Gasteiger partial charge on any atom is -0.486 e. The van der Waals surface area contributed by atoms with Crippen LogP contribution in [0.25, 0.3) is 0 Å². The van der Waals surface area contributed by atoms with E-state index >= 15 is 0 Å². The lowest BCUT2D eigenvalue weighted by atomic mass is 9.86. The first kappa shape index (κ1) is 17.0. The molecule has 0 saturated heterocycles. The van der Waals surface area contributed by atoms with Crippen LogP contribution >= 0.6 is 0 Å². The lowest BCUT2D eigenvalue weighted by Crippen LogP contribution is -2.24. The van der Waals surface area contributed by atoms with Crippen LogP contribution in [-0.4, -0.2) is 43.9 Å². The number of nitrogens with one attached hydrogen (secondary N) is 1. The van der Waals surface area contributed by atoms with Crippen molar-refractivity contribution in [1.29, 1.82) is 0 Å². The zero-order chi connectivity index (χ0) is 18.0. The molecule has 25 heavy (non-hydrogen) atoms. The number of rotatable bonds is 4. The van der Waals surface area contributed by atoms with Crippen molar-refractivity contribution in [3.05, 3.63) is 64.7 Å². The average molecular weight is 341 g/mol. The number of carbonyl (C=O) groups is 2. The Bertz CT molecular complexity index is 803. The number of amides is 1. The fourth-order valence-corrected chi connectivity index (χ4v) is 3.17. The van der Waals surface area contributed by atoms with E-state index in [9.17, 15) is 14.7 Å². The lowest BCUT2D eigenvalue weighted by Gasteiger charge is -2.17. The Morgan fingerprint density at radius 2 is 1.96 bits per heavy atom. The van der Waals surface area contributed by atoms with Crippen LogP contribution in [-0.2, 0) is 4.74 Å². The van der Waals surface area contributed by atoms with Gasteiger partial charge in [0.2, 0.25) is 0 Å². The SMILES string of the molecule is CNC(=O)c1cc(C(=O)OC)cc2c1O[C@H](CO)[C@H]2c1ccccc1. The Kier molecular flexibility index (Phi) is 4.72. The molecule has 0 bridgehead atoms. The molecule has 6 heteroatoms. The van der Waals surface area contributed by atoms with Crippen molar-refractivity contribution in [2.24, 2.45) is 0 Å². The standard InChI is InChI=1S/C19H19NO5/c1-20-18(22)14-9-12(19(23)24-2)8-13-16(11-6-4-3-5-7-11)15(10-21)25-17(13)14/h3-9,15-16,21H,10H2,1-2H3,(H,20,22)/t15-,16+/m1/s1. The average Bonchev–Trinajstić information content (AvgIpc) is 3.05. The first-order valence-electron chi connectivity index (χ1n) is 7.91. The molecule has 2 atom stereocenters. The second-order valence-corrected chi connectivity index (χ2v) is 5.74. The first-order chi connectivity index (χ1) is 12.1. The number of fused-ring (bicyclic) bond motifs is 1. The van der Waals surface area contributed by atoms with Gasteiger partial charge in [-0.05, 0) is 17.7 Å². The van der Waals surface area contributed by atoms with Crippen molar-refractivity contribution >= 4 is 11.9 Å². The molecular formula is C19H19NO5. The van der Waals surface area contributed by atoms with Crippen molar-refractivity contribution in [2.45, 2.75) is 12.0 Å². The van der Waals surface area contributed by atoms with Gasteiger partial charge in [0, 0.05) is 12.6 Å². The highest BCUT2D eigenvalue weighted by atomic mass is 16.5. The molecule has 1 heterocycles. The summed E-state index contributed by atoms with van der Waals surface area (Å²) < 4.78 is 10.7. The van der Waals surface area contributed by atoms with Crippen molar-refractivity contribution < 1.29 is 24.2 Å². The van der Waals surface area contributed by atoms with Crippen LogP contribution in [0.2, 0.25) is 0 Å². The normalized spacial score (nSPS) is 18.2. The van der Waals surface area contributed by atoms with E-state index in [1.165, 1.54) is 20.2 Å². The third-order valence-corrected chi connectivity index (χ3v) is 4.33. The summed E-state index contributed by atoms with van der Waals surface area (Å²) in [5.41, 5.74) is 2.14. The zero-order valence-electron chi connectivity index (χ0n) is 14.0. The first-order valence-corrected chi connectivity index (χ1v) is 7.91. The molecule has 2 aromatic rings. The molecule has 1 amide bonds. The van der Waals surface area contributed by atoms with Gasteiger partial charge in [0.1, 0.15) is 11.9 Å². The molecule has 0 spiro atoms. The van der Waals surface area contributed by atoms with E-state index in [1.54, 1.807) is 6.07 Å². The van der Waals surface area contributed by atoms with E-state index in [-0.39, 0.29) is 29.6 Å². The summed E-state index contributed by atoms with van der Waals surface area (Å²) >= 11 is 0. The molecular weight excluding hydrogens is 322 g/mol. The van der Waals surface area contributed by atoms with E-state index in [0.29, 0.717) is 11.3 Å². The van der Waals surface area contributed by atoms with Gasteiger partial charge in [-0.2, -0.15) is 0 Å². The van der Waals surface area contributed by atoms with Crippen LogP contribution in [0.5, 0.6) is 5.75 Å². The van der Waals surface area contributed by atoms with Gasteiger partial charge >= 0.3 is 5.97 Å². The summed E-state index contributed by atoms with van der Waals surface area (Å²) in [5.74, 6) is -0.797. The molecule has 2 aromatic carbocycles. The number of hydrogen-bond donors (Lipinski definition) is 2. The molecule has 0 unspecified atom stereocenters. The summed E-state index contributed by atoms with van der Waals surface area (Å²) in [5, 5.41) is 12.3. The summed E-state index contributed by atoms with van der Waals surface area (Å²) in [6, 6.07) is 12.7. The molecule has 3 rings (SSSR count). The highest BCUT2D eigenvalue weighted by Gasteiger charge is 2.38. The molecule has 1 aliphatic heterocycles. The smallest absolute Gasteiger partial charge is 0.337 e. The van der Waals surface area contributed by atoms with E-state index in [1.807, 2.05) is 30.3 Å². The molecule has 0 fully saturated rings. The summed E-state index contributed by atoms with van der Waals surface area (Å²) in [7, 11) is 2.80. The van der Waals surface area contributed by atoms with Gasteiger partial charge in [-0.25, -0.2) is 4.79 Å². The molecule has 1 aliphatic rings. The maximum atomic E-state index is 12.3. The monoisotopic (exact) mass is 341 g/mol. The van der Waals surface area contributed by atoms with Crippen molar-refractivity contribution in [3.8, 4) is 5.75 Å². The second-order valence-electron chi connectivity index (χ2n) is 5.74. The fourth-order valence-electron chi connectivity index (χ4n) is 3.17. The number of methoxy groups -OCH3 is 1. The van der Waals surface area contributed by atoms with Crippen molar-refractivity contribution in [2.75, 3.05) is 20.8 Å². The van der Waals surface area contributed by atoms with Crippen molar-refractivity contribution in [3.63, 3.8) is 0 Å². The number of aliphatic hydroxyl groups is 1. The Morgan fingerprint density at radius 3 is 2.56 bits per heavy atom. The number of ether oxygens (including phenoxy) is 2. The Hall–Kier alpha value is -2.86. The van der Waals surface area contributed by atoms with Crippen LogP contribution in [0.15, 0.2) is 42.5 Å². The van der Waals surface area contributed by atoms with Gasteiger partial charge < -0.3 is 19.9 Å². The summed E-state index contributed by atoms with van der Waals surface area (Å²) in [6.45, 7) is -0.213. The third-order valence-electron chi connectivity index (χ3n) is 4.33. The summed E-state index contributed by atoms with van der Waals surface area (Å²) in [4.78, 5) is 24.3. The molecule has 130 valence electrons. The third kappa shape index (κ3) is 2.96. The van der Waals surface area contributed by atoms with E-state index in [2.05, 4.69) is 5.32 Å². The van der Waals surface area contributed by atoms with Gasteiger partial charge in [0.05, 0.1) is 30.8 Å². The molecule has 2 N–H and O–H groups in total. The molecule has 0 radical (unpaired) electrons. The largest absolute Gasteiger partial charge is 0.486 e. The molecule has 0 aliphatic carbocycles. The second kappa shape index (κ2) is 6.94. The quantitative estimate of drug-likeness (QED) is 0.827. The highest BCUT2D eigenvalue weighted by Crippen LogP contribution is 2.44. The topological polar surface area (TPSA) is 84.9 Å². The maximum Gasteiger partial charge on any atom is 0.337 e. The van der Waals surface area contributed by atoms with Gasteiger partial charge in [-0.15, -0.1) is 0 Å². The lowest BCUT2D eigenvalue weighted by molar-refractivity contribution is 0.0600. The van der Waals surface area contributed by atoms with Crippen LogP contribution < -0.4 is 10.1 Å². The number of benzene rings is 2. The van der Waals surface area contributed by atoms with Gasteiger partial charge in [-0.3, -0.25) is 4.79 Å². The minimum absolute atomic E-state index is 0.213. The van der Waals surface area contributed by atoms with Gasteiger partial charge in [-0.1, -0.05) is 30.3 Å². The number of carbonyl (C=O) groups excluding carboxylic acids is 2. The fraction of sp³-hybridized carbons (Fsp3) is 0.263. The Balaban J connectivity index is 2.21. The predicted octanol–water partition coefficient (Wildman–Crippen LogP) is 1.72. The zero-order valence-corrected chi connectivity index (χ0v) is 14.0. The Morgan fingerprint density at radius 1 is 1.24 bits per heavy atom.